The van der Waals surface area contributed by atoms with Crippen LogP contribution in [-0.4, -0.2) is 83.9 Å². The number of carbonyl (C=O) groups is 2. The van der Waals surface area contributed by atoms with E-state index in [4.69, 9.17) is 14.3 Å². The lowest BCUT2D eigenvalue weighted by molar-refractivity contribution is -0.163. The number of carboxylic acid groups (broad SMARTS) is 1. The van der Waals surface area contributed by atoms with Crippen LogP contribution in [0.3, 0.4) is 0 Å². The van der Waals surface area contributed by atoms with Gasteiger partial charge in [-0.15, -0.1) is 0 Å². The van der Waals surface area contributed by atoms with Crippen molar-refractivity contribution in [2.45, 2.75) is 64.6 Å². The molecule has 0 spiro atoms. The van der Waals surface area contributed by atoms with Gasteiger partial charge in [0, 0.05) is 19.6 Å². The highest BCUT2D eigenvalue weighted by Gasteiger charge is 2.73. The van der Waals surface area contributed by atoms with Crippen LogP contribution in [0.4, 0.5) is 4.79 Å². The number of hydrogen-bond acceptors (Lipinski definition) is 7. The molecule has 3 aliphatic heterocycles. The van der Waals surface area contributed by atoms with E-state index in [0.717, 1.165) is 19.6 Å². The third-order valence-electron chi connectivity index (χ3n) is 6.88. The van der Waals surface area contributed by atoms with Gasteiger partial charge >= 0.3 is 12.1 Å². The molecule has 0 bridgehead atoms. The Bertz CT molecular complexity index is 729. The lowest BCUT2D eigenvalue weighted by Gasteiger charge is -2.51. The van der Waals surface area contributed by atoms with Crippen molar-refractivity contribution in [1.29, 1.82) is 0 Å². The highest BCUT2D eigenvalue weighted by molar-refractivity contribution is 5.95. The number of carboxylic acids is 1. The molecule has 9 heteroatoms. The van der Waals surface area contributed by atoms with Gasteiger partial charge in [0.15, 0.2) is 6.61 Å². The minimum atomic E-state index is -1.11. The molecule has 0 aromatic rings. The van der Waals surface area contributed by atoms with Gasteiger partial charge in [0.2, 0.25) is 5.90 Å². The van der Waals surface area contributed by atoms with Crippen molar-refractivity contribution in [3.05, 3.63) is 0 Å². The van der Waals surface area contributed by atoms with E-state index in [2.05, 4.69) is 10.1 Å². The van der Waals surface area contributed by atoms with Gasteiger partial charge in [-0.25, -0.2) is 4.79 Å². The summed E-state index contributed by atoms with van der Waals surface area (Å²) in [4.78, 5) is 34.4. The van der Waals surface area contributed by atoms with Crippen molar-refractivity contribution in [2.24, 2.45) is 16.0 Å². The molecule has 0 radical (unpaired) electrons. The van der Waals surface area contributed by atoms with Crippen LogP contribution < -0.4 is 0 Å². The third-order valence-corrected chi connectivity index (χ3v) is 6.88. The lowest BCUT2D eigenvalue weighted by Crippen LogP contribution is -2.61. The Morgan fingerprint density at radius 2 is 1.93 bits per heavy atom. The molecule has 0 aromatic carbocycles. The maximum absolute atomic E-state index is 12.7. The van der Waals surface area contributed by atoms with Crippen molar-refractivity contribution < 1.29 is 29.0 Å². The monoisotopic (exact) mass is 423 g/mol. The fourth-order valence-corrected chi connectivity index (χ4v) is 5.22. The number of fused-ring (bicyclic) bond motifs is 1. The van der Waals surface area contributed by atoms with E-state index < -0.39 is 28.5 Å². The molecule has 9 nitrogen and oxygen atoms in total. The predicted molar refractivity (Wildman–Crippen MR) is 108 cm³/mol. The highest BCUT2D eigenvalue weighted by atomic mass is 16.7. The Balaban J connectivity index is 1.51. The first-order chi connectivity index (χ1) is 14.2. The number of amides is 1. The van der Waals surface area contributed by atoms with Gasteiger partial charge in [0.1, 0.15) is 17.1 Å². The van der Waals surface area contributed by atoms with E-state index in [9.17, 15) is 14.7 Å². The van der Waals surface area contributed by atoms with Crippen LogP contribution >= 0.6 is 0 Å². The zero-order valence-electron chi connectivity index (χ0n) is 18.2. The van der Waals surface area contributed by atoms with Gasteiger partial charge in [-0.3, -0.25) is 9.69 Å². The molecule has 4 aliphatic rings. The molecular weight excluding hydrogens is 390 g/mol. The molecule has 2 saturated heterocycles. The topological polar surface area (TPSA) is 101 Å². The van der Waals surface area contributed by atoms with Crippen molar-refractivity contribution in [2.75, 3.05) is 39.3 Å². The zero-order valence-corrected chi connectivity index (χ0v) is 18.2. The van der Waals surface area contributed by atoms with Gasteiger partial charge in [-0.1, -0.05) is 11.6 Å². The molecule has 1 aliphatic carbocycles. The molecule has 4 rings (SSSR count). The van der Waals surface area contributed by atoms with Crippen LogP contribution in [0.2, 0.25) is 0 Å². The molecule has 3 fully saturated rings. The van der Waals surface area contributed by atoms with Crippen molar-refractivity contribution in [3.8, 4) is 0 Å². The summed E-state index contributed by atoms with van der Waals surface area (Å²) in [6, 6.07) is 0. The minimum Gasteiger partial charge on any atom is -0.481 e. The van der Waals surface area contributed by atoms with Crippen LogP contribution in [0.25, 0.3) is 0 Å². The molecule has 2 unspecified atom stereocenters. The van der Waals surface area contributed by atoms with E-state index in [1.807, 2.05) is 0 Å². The lowest BCUT2D eigenvalue weighted by atomic mass is 9.51. The summed E-state index contributed by atoms with van der Waals surface area (Å²) in [5, 5.41) is 14.3. The van der Waals surface area contributed by atoms with Gasteiger partial charge in [-0.05, 0) is 59.5 Å². The second-order valence-corrected chi connectivity index (χ2v) is 10.1. The van der Waals surface area contributed by atoms with Crippen LogP contribution in [-0.2, 0) is 19.1 Å². The highest BCUT2D eigenvalue weighted by Crippen LogP contribution is 2.63. The quantitative estimate of drug-likeness (QED) is 0.740. The van der Waals surface area contributed by atoms with Crippen LogP contribution in [0.1, 0.15) is 52.9 Å². The maximum Gasteiger partial charge on any atom is 0.410 e. The second kappa shape index (κ2) is 7.59. The normalized spacial score (nSPS) is 34.2. The number of likely N-dealkylation sites (tertiary alicyclic amines) is 2. The van der Waals surface area contributed by atoms with Gasteiger partial charge < -0.3 is 24.3 Å². The first-order valence-corrected chi connectivity index (χ1v) is 11.0. The van der Waals surface area contributed by atoms with E-state index in [0.29, 0.717) is 25.3 Å². The fourth-order valence-electron chi connectivity index (χ4n) is 5.22. The Labute approximate surface area is 177 Å². The predicted octanol–water partition coefficient (Wildman–Crippen LogP) is 2.30. The summed E-state index contributed by atoms with van der Waals surface area (Å²) < 4.78 is 11.7. The Hall–Kier alpha value is -2.03. The average molecular weight is 424 g/mol. The molecular formula is C21H33N3O6. The average Bonchev–Trinajstić information content (AvgIpc) is 2.90. The number of carbonyl (C=O) groups excluding carboxylic acids is 1. The summed E-state index contributed by atoms with van der Waals surface area (Å²) in [6.45, 7) is 8.88. The summed E-state index contributed by atoms with van der Waals surface area (Å²) >= 11 is 0. The fraction of sp³-hybridized carbons (Fsp3) is 0.857. The number of nitrogens with zero attached hydrogens (tertiary/aromatic N) is 3. The molecule has 1 amide bonds. The van der Waals surface area contributed by atoms with Crippen LogP contribution in [0.5, 0.6) is 0 Å². The SMILES string of the molecule is CC(C)(C)OC(=O)N1CC2(C3=NOCC(CN4CCCCC4)O3)CC[C@@]2(C(=O)O)C1. The number of piperidine rings is 1. The van der Waals surface area contributed by atoms with E-state index >= 15 is 0 Å². The Morgan fingerprint density at radius 1 is 1.20 bits per heavy atom. The number of hydrogen-bond donors (Lipinski definition) is 1. The molecule has 168 valence electrons. The smallest absolute Gasteiger partial charge is 0.410 e. The van der Waals surface area contributed by atoms with Crippen molar-refractivity contribution in [3.63, 3.8) is 0 Å². The van der Waals surface area contributed by atoms with Gasteiger partial charge in [0.25, 0.3) is 0 Å². The summed E-state index contributed by atoms with van der Waals surface area (Å²) in [7, 11) is 0. The number of ether oxygens (including phenoxy) is 2. The first-order valence-electron chi connectivity index (χ1n) is 11.0. The van der Waals surface area contributed by atoms with E-state index in [-0.39, 0.29) is 19.2 Å². The molecule has 30 heavy (non-hydrogen) atoms. The number of oxime groups is 1. The Morgan fingerprint density at radius 3 is 2.53 bits per heavy atom. The van der Waals surface area contributed by atoms with E-state index in [1.54, 1.807) is 20.8 Å². The van der Waals surface area contributed by atoms with Gasteiger partial charge in [0.05, 0.1) is 5.41 Å². The first kappa shape index (κ1) is 21.2. The molecule has 1 saturated carbocycles. The van der Waals surface area contributed by atoms with Gasteiger partial charge in [-0.2, -0.15) is 0 Å². The molecule has 1 N–H and O–H groups in total. The number of aliphatic carboxylic acids is 1. The largest absolute Gasteiger partial charge is 0.481 e. The van der Waals surface area contributed by atoms with Crippen LogP contribution in [0, 0.1) is 10.8 Å². The minimum absolute atomic E-state index is 0.0937. The zero-order chi connectivity index (χ0) is 21.6. The summed E-state index contributed by atoms with van der Waals surface area (Å²) in [6.07, 6.45) is 4.01. The number of rotatable bonds is 4. The molecule has 0 aromatic heterocycles. The maximum atomic E-state index is 12.7. The second-order valence-electron chi connectivity index (χ2n) is 10.1. The van der Waals surface area contributed by atoms with E-state index in [1.165, 1.54) is 24.2 Å². The third kappa shape index (κ3) is 3.61. The molecule has 3 atom stereocenters. The molecule has 3 heterocycles. The summed E-state index contributed by atoms with van der Waals surface area (Å²) in [5.41, 5.74) is -2.63. The Kier molecular flexibility index (Phi) is 5.36. The van der Waals surface area contributed by atoms with Crippen molar-refractivity contribution >= 4 is 18.0 Å². The van der Waals surface area contributed by atoms with Crippen molar-refractivity contribution in [1.82, 2.24) is 9.80 Å². The summed E-state index contributed by atoms with van der Waals surface area (Å²) in [5.74, 6) is -0.597. The van der Waals surface area contributed by atoms with Crippen LogP contribution in [0.15, 0.2) is 5.16 Å². The standard InChI is InChI=1S/C21H33N3O6/c1-19(2,3)30-18(27)24-13-20(7-8-21(20,14-24)17(25)26)16-22-28-12-15(29-16)11-23-9-5-4-6-10-23/h15H,4-14H2,1-3H3,(H,25,26)/t15?,20?,21-/m0/s1.